The molecule has 3 rings (SSSR count). The van der Waals surface area contributed by atoms with Gasteiger partial charge in [0.15, 0.2) is 0 Å². The van der Waals surface area contributed by atoms with Crippen LogP contribution in [-0.4, -0.2) is 57.5 Å². The number of anilines is 1. The molecule has 1 fully saturated rings. The maximum Gasteiger partial charge on any atom is 0.410 e. The number of fused-ring (bicyclic) bond motifs is 1. The summed E-state index contributed by atoms with van der Waals surface area (Å²) >= 11 is 0. The minimum Gasteiger partial charge on any atom is -0.444 e. The van der Waals surface area contributed by atoms with Crippen molar-refractivity contribution in [3.8, 4) is 0 Å². The van der Waals surface area contributed by atoms with Crippen LogP contribution in [0, 0.1) is 6.92 Å². The van der Waals surface area contributed by atoms with Gasteiger partial charge in [-0.15, -0.1) is 0 Å². The van der Waals surface area contributed by atoms with Gasteiger partial charge in [-0.1, -0.05) is 0 Å². The second kappa shape index (κ2) is 7.66. The number of likely N-dealkylation sites (tertiary alicyclic amines) is 1. The summed E-state index contributed by atoms with van der Waals surface area (Å²) in [5.74, 6) is -3.61. The Morgan fingerprint density at radius 1 is 1.30 bits per heavy atom. The van der Waals surface area contributed by atoms with Gasteiger partial charge in [-0.25, -0.2) is 23.5 Å². The normalized spacial score (nSPS) is 18.9. The van der Waals surface area contributed by atoms with Crippen molar-refractivity contribution in [2.45, 2.75) is 51.7 Å². The molecule has 2 amide bonds. The number of nitrogens with two attached hydrogens (primary N) is 1. The zero-order chi connectivity index (χ0) is 22.3. The lowest BCUT2D eigenvalue weighted by molar-refractivity contribution is -0.0683. The summed E-state index contributed by atoms with van der Waals surface area (Å²) in [6.07, 6.45) is 0.0153. The smallest absolute Gasteiger partial charge is 0.410 e. The largest absolute Gasteiger partial charge is 0.444 e. The number of primary amides is 1. The molecule has 2 heterocycles. The molecule has 30 heavy (non-hydrogen) atoms. The van der Waals surface area contributed by atoms with Crippen LogP contribution in [0.4, 0.5) is 19.4 Å². The SMILES string of the molecule is Cc1cc(C(N)=O)c2ncnc(NC3CN(C(=O)OC(C)(C)C)CCC3(F)F)c2c1. The molecule has 10 heteroatoms. The van der Waals surface area contributed by atoms with E-state index in [1.165, 1.54) is 11.2 Å². The molecule has 8 nitrogen and oxygen atoms in total. The van der Waals surface area contributed by atoms with Crippen LogP contribution in [0.2, 0.25) is 0 Å². The van der Waals surface area contributed by atoms with Crippen LogP contribution in [0.25, 0.3) is 10.9 Å². The third-order valence-electron chi connectivity index (χ3n) is 4.74. The Bertz CT molecular complexity index is 990. The maximum atomic E-state index is 14.7. The quantitative estimate of drug-likeness (QED) is 0.788. The van der Waals surface area contributed by atoms with Crippen molar-refractivity contribution in [2.24, 2.45) is 5.73 Å². The van der Waals surface area contributed by atoms with E-state index in [0.717, 1.165) is 0 Å². The third kappa shape index (κ3) is 4.58. The highest BCUT2D eigenvalue weighted by molar-refractivity contribution is 6.07. The first kappa shape index (κ1) is 21.7. The van der Waals surface area contributed by atoms with E-state index in [2.05, 4.69) is 15.3 Å². The Morgan fingerprint density at radius 2 is 2.00 bits per heavy atom. The lowest BCUT2D eigenvalue weighted by Gasteiger charge is -2.39. The predicted molar refractivity (Wildman–Crippen MR) is 108 cm³/mol. The van der Waals surface area contributed by atoms with Crippen LogP contribution in [0.5, 0.6) is 0 Å². The van der Waals surface area contributed by atoms with Gasteiger partial charge in [-0.05, 0) is 45.4 Å². The molecular weight excluding hydrogens is 396 g/mol. The minimum atomic E-state index is -3.08. The highest BCUT2D eigenvalue weighted by Crippen LogP contribution is 2.33. The number of aromatic nitrogens is 2. The second-order valence-electron chi connectivity index (χ2n) is 8.43. The van der Waals surface area contributed by atoms with E-state index < -0.39 is 36.0 Å². The first-order chi connectivity index (χ1) is 13.9. The van der Waals surface area contributed by atoms with Gasteiger partial charge in [0, 0.05) is 18.4 Å². The second-order valence-corrected chi connectivity index (χ2v) is 8.43. The van der Waals surface area contributed by atoms with Crippen molar-refractivity contribution >= 4 is 28.7 Å². The highest BCUT2D eigenvalue weighted by Gasteiger charge is 2.46. The highest BCUT2D eigenvalue weighted by atomic mass is 19.3. The number of carbonyl (C=O) groups is 2. The van der Waals surface area contributed by atoms with E-state index in [1.807, 2.05) is 0 Å². The summed E-state index contributed by atoms with van der Waals surface area (Å²) in [5, 5.41) is 3.15. The molecule has 0 bridgehead atoms. The number of aryl methyl sites for hydroxylation is 1. The van der Waals surface area contributed by atoms with E-state index >= 15 is 0 Å². The van der Waals surface area contributed by atoms with Crippen molar-refractivity contribution < 1.29 is 23.1 Å². The van der Waals surface area contributed by atoms with Crippen LogP contribution >= 0.6 is 0 Å². The molecule has 0 aliphatic carbocycles. The molecule has 162 valence electrons. The molecule has 1 aromatic heterocycles. The average molecular weight is 421 g/mol. The molecule has 1 unspecified atom stereocenters. The number of amides is 2. The lowest BCUT2D eigenvalue weighted by Crippen LogP contribution is -2.56. The van der Waals surface area contributed by atoms with Crippen LogP contribution in [0.15, 0.2) is 18.5 Å². The summed E-state index contributed by atoms with van der Waals surface area (Å²) in [4.78, 5) is 33.6. The summed E-state index contributed by atoms with van der Waals surface area (Å²) in [7, 11) is 0. The fraction of sp³-hybridized carbons (Fsp3) is 0.500. The molecule has 1 saturated heterocycles. The van der Waals surface area contributed by atoms with E-state index in [4.69, 9.17) is 10.5 Å². The number of nitrogens with one attached hydrogen (secondary N) is 1. The maximum absolute atomic E-state index is 14.7. The van der Waals surface area contributed by atoms with Crippen molar-refractivity contribution in [1.29, 1.82) is 0 Å². The lowest BCUT2D eigenvalue weighted by atomic mass is 10.0. The minimum absolute atomic E-state index is 0.116. The summed E-state index contributed by atoms with van der Waals surface area (Å²) in [5.41, 5.74) is 5.86. The molecule has 2 aromatic rings. The fourth-order valence-corrected chi connectivity index (χ4v) is 3.33. The molecule has 1 aliphatic rings. The topological polar surface area (TPSA) is 110 Å². The van der Waals surface area contributed by atoms with Crippen molar-refractivity contribution in [3.63, 3.8) is 0 Å². The number of hydrogen-bond acceptors (Lipinski definition) is 6. The number of piperidine rings is 1. The van der Waals surface area contributed by atoms with Gasteiger partial charge < -0.3 is 20.7 Å². The molecule has 1 aromatic carbocycles. The van der Waals surface area contributed by atoms with Crippen LogP contribution < -0.4 is 11.1 Å². The number of nitrogens with zero attached hydrogens (tertiary/aromatic N) is 3. The third-order valence-corrected chi connectivity index (χ3v) is 4.74. The van der Waals surface area contributed by atoms with E-state index in [-0.39, 0.29) is 30.0 Å². The first-order valence-corrected chi connectivity index (χ1v) is 9.55. The molecule has 1 atom stereocenters. The van der Waals surface area contributed by atoms with Gasteiger partial charge in [0.1, 0.15) is 23.8 Å². The molecule has 1 aliphatic heterocycles. The monoisotopic (exact) mass is 421 g/mol. The van der Waals surface area contributed by atoms with Crippen LogP contribution in [0.3, 0.4) is 0 Å². The number of hydrogen-bond donors (Lipinski definition) is 2. The van der Waals surface area contributed by atoms with Gasteiger partial charge in [0.05, 0.1) is 17.6 Å². The Morgan fingerprint density at radius 3 is 2.63 bits per heavy atom. The Kier molecular flexibility index (Phi) is 5.53. The van der Waals surface area contributed by atoms with E-state index in [1.54, 1.807) is 39.8 Å². The number of ether oxygens (including phenoxy) is 1. The van der Waals surface area contributed by atoms with Crippen molar-refractivity contribution in [3.05, 3.63) is 29.6 Å². The van der Waals surface area contributed by atoms with E-state index in [0.29, 0.717) is 10.9 Å². The zero-order valence-electron chi connectivity index (χ0n) is 17.3. The van der Waals surface area contributed by atoms with Crippen LogP contribution in [-0.2, 0) is 4.74 Å². The zero-order valence-corrected chi connectivity index (χ0v) is 17.3. The fourth-order valence-electron chi connectivity index (χ4n) is 3.33. The average Bonchev–Trinajstić information content (AvgIpc) is 2.61. The van der Waals surface area contributed by atoms with Crippen LogP contribution in [0.1, 0.15) is 43.1 Å². The van der Waals surface area contributed by atoms with Crippen molar-refractivity contribution in [2.75, 3.05) is 18.4 Å². The first-order valence-electron chi connectivity index (χ1n) is 9.55. The molecule has 0 radical (unpaired) electrons. The summed E-state index contributed by atoms with van der Waals surface area (Å²) in [6, 6.07) is 1.88. The molecule has 0 saturated carbocycles. The van der Waals surface area contributed by atoms with Gasteiger partial charge in [0.25, 0.3) is 11.8 Å². The number of alkyl halides is 2. The Balaban J connectivity index is 1.92. The Labute approximate surface area is 172 Å². The number of halogens is 2. The van der Waals surface area contributed by atoms with Crippen molar-refractivity contribution in [1.82, 2.24) is 14.9 Å². The summed E-state index contributed by atoms with van der Waals surface area (Å²) < 4.78 is 34.6. The number of rotatable bonds is 3. The number of benzene rings is 1. The number of carbonyl (C=O) groups excluding carboxylic acids is 2. The van der Waals surface area contributed by atoms with Gasteiger partial charge >= 0.3 is 6.09 Å². The molecular formula is C20H25F2N5O3. The van der Waals surface area contributed by atoms with E-state index in [9.17, 15) is 18.4 Å². The summed E-state index contributed by atoms with van der Waals surface area (Å²) in [6.45, 7) is 6.51. The van der Waals surface area contributed by atoms with Gasteiger partial charge in [-0.2, -0.15) is 0 Å². The molecule has 3 N–H and O–H groups in total. The Hall–Kier alpha value is -3.04. The molecule has 0 spiro atoms. The predicted octanol–water partition coefficient (Wildman–Crippen LogP) is 3.09. The van der Waals surface area contributed by atoms with Gasteiger partial charge in [0.2, 0.25) is 0 Å². The standard InChI is InChI=1S/C20H25F2N5O3/c1-11-7-12(16(23)28)15-13(8-11)17(25-10-24-15)26-14-9-27(6-5-20(14,21)22)18(29)30-19(2,3)4/h7-8,10,14H,5-6,9H2,1-4H3,(H2,23,28)(H,24,25,26). The van der Waals surface area contributed by atoms with Gasteiger partial charge in [-0.3, -0.25) is 4.79 Å².